The van der Waals surface area contributed by atoms with Gasteiger partial charge in [-0.1, -0.05) is 51.9 Å². The molecule has 1 saturated carbocycles. The van der Waals surface area contributed by atoms with Gasteiger partial charge in [-0.3, -0.25) is 0 Å². The van der Waals surface area contributed by atoms with Gasteiger partial charge in [0.25, 0.3) is 0 Å². The Morgan fingerprint density at radius 3 is 1.44 bits per heavy atom. The van der Waals surface area contributed by atoms with Crippen LogP contribution >= 0.6 is 0 Å². The molecule has 0 bridgehead atoms. The van der Waals surface area contributed by atoms with Crippen molar-refractivity contribution in [3.05, 3.63) is 0 Å². The van der Waals surface area contributed by atoms with Crippen molar-refractivity contribution >= 4 is 0 Å². The first-order valence-corrected chi connectivity index (χ1v) is 6.32. The van der Waals surface area contributed by atoms with Crippen LogP contribution in [0.15, 0.2) is 0 Å². The van der Waals surface area contributed by atoms with E-state index in [9.17, 15) is 0 Å². The summed E-state index contributed by atoms with van der Waals surface area (Å²) in [5.41, 5.74) is 5.21. The first-order chi connectivity index (χ1) is 6.91. The number of hydrogen-bond donors (Lipinski definition) is 2. The minimum atomic E-state index is 0. The van der Waals surface area contributed by atoms with E-state index in [1.807, 2.05) is 0 Å². The monoisotopic (exact) mass is 236 g/mol. The highest BCUT2D eigenvalue weighted by Crippen LogP contribution is 2.15. The molecule has 1 fully saturated rings. The Kier molecular flexibility index (Phi) is 26.8. The van der Waals surface area contributed by atoms with E-state index < -0.39 is 0 Å². The summed E-state index contributed by atoms with van der Waals surface area (Å²) in [4.78, 5) is 0. The Balaban J connectivity index is -0.000000188. The third-order valence-electron chi connectivity index (χ3n) is 2.50. The lowest BCUT2D eigenvalue weighted by Gasteiger charge is -1.95. The quantitative estimate of drug-likeness (QED) is 0.562. The van der Waals surface area contributed by atoms with Crippen molar-refractivity contribution in [1.29, 1.82) is 0 Å². The van der Waals surface area contributed by atoms with Crippen molar-refractivity contribution < 1.29 is 11.0 Å². The highest BCUT2D eigenvalue weighted by atomic mass is 16.0. The molecule has 0 unspecified atom stereocenters. The molecule has 7 N–H and O–H groups in total. The van der Waals surface area contributed by atoms with Crippen LogP contribution in [0, 0.1) is 0 Å². The van der Waals surface area contributed by atoms with Gasteiger partial charge in [0.05, 0.1) is 0 Å². The van der Waals surface area contributed by atoms with E-state index in [0.29, 0.717) is 0 Å². The minimum Gasteiger partial charge on any atom is -0.412 e. The maximum Gasteiger partial charge on any atom is 0.00744 e. The van der Waals surface area contributed by atoms with Crippen molar-refractivity contribution in [2.24, 2.45) is 5.73 Å². The number of nitrogens with one attached hydrogen (secondary N) is 1. The molecule has 0 atom stereocenters. The Bertz CT molecular complexity index is 79.4. The van der Waals surface area contributed by atoms with Crippen LogP contribution in [-0.2, 0) is 0 Å². The van der Waals surface area contributed by atoms with Crippen LogP contribution in [0.3, 0.4) is 0 Å². The van der Waals surface area contributed by atoms with Crippen LogP contribution in [0.25, 0.3) is 0 Å². The summed E-state index contributed by atoms with van der Waals surface area (Å²) in [6.45, 7) is 4.94. The second-order valence-corrected chi connectivity index (χ2v) is 4.01. The standard InChI is InChI=1S/C7H14.C5H14N2.2H2O/c1-2-4-6-7-5-3-1;1-2-4-7-5-3-6;;/h1-7H2;7H,2-6H2,1H3;2*1H2. The first kappa shape index (κ1) is 21.2. The van der Waals surface area contributed by atoms with Gasteiger partial charge in [0, 0.05) is 13.1 Å². The fraction of sp³-hybridized carbons (Fsp3) is 1.00. The van der Waals surface area contributed by atoms with Crippen LogP contribution in [0.5, 0.6) is 0 Å². The molecule has 102 valence electrons. The minimum absolute atomic E-state index is 0. The van der Waals surface area contributed by atoms with E-state index in [0.717, 1.165) is 19.6 Å². The van der Waals surface area contributed by atoms with E-state index in [-0.39, 0.29) is 11.0 Å². The van der Waals surface area contributed by atoms with E-state index >= 15 is 0 Å². The van der Waals surface area contributed by atoms with Crippen LogP contribution in [0.1, 0.15) is 58.3 Å². The largest absolute Gasteiger partial charge is 0.412 e. The zero-order chi connectivity index (χ0) is 10.5. The SMILES string of the molecule is C1CCCCCC1.CCCNCCN.O.O. The van der Waals surface area contributed by atoms with Crippen molar-refractivity contribution in [3.63, 3.8) is 0 Å². The van der Waals surface area contributed by atoms with Gasteiger partial charge in [0.15, 0.2) is 0 Å². The van der Waals surface area contributed by atoms with Gasteiger partial charge < -0.3 is 22.0 Å². The summed E-state index contributed by atoms with van der Waals surface area (Å²) >= 11 is 0. The summed E-state index contributed by atoms with van der Waals surface area (Å²) in [6, 6.07) is 0. The van der Waals surface area contributed by atoms with E-state index in [1.165, 1.54) is 51.4 Å². The molecule has 4 nitrogen and oxygen atoms in total. The van der Waals surface area contributed by atoms with Crippen LogP contribution in [0.2, 0.25) is 0 Å². The van der Waals surface area contributed by atoms with Crippen molar-refractivity contribution in [1.82, 2.24) is 5.32 Å². The highest BCUT2D eigenvalue weighted by Gasteiger charge is 1.95. The van der Waals surface area contributed by atoms with E-state index in [2.05, 4.69) is 12.2 Å². The first-order valence-electron chi connectivity index (χ1n) is 6.32. The third kappa shape index (κ3) is 19.4. The summed E-state index contributed by atoms with van der Waals surface area (Å²) in [7, 11) is 0. The average Bonchev–Trinajstić information content (AvgIpc) is 2.51. The van der Waals surface area contributed by atoms with Crippen molar-refractivity contribution in [2.75, 3.05) is 19.6 Å². The van der Waals surface area contributed by atoms with Gasteiger partial charge in [-0.2, -0.15) is 0 Å². The molecule has 4 heteroatoms. The van der Waals surface area contributed by atoms with Gasteiger partial charge in [0.2, 0.25) is 0 Å². The lowest BCUT2D eigenvalue weighted by Crippen LogP contribution is -2.22. The molecule has 0 radical (unpaired) electrons. The Morgan fingerprint density at radius 1 is 0.812 bits per heavy atom. The fourth-order valence-corrected chi connectivity index (χ4v) is 1.64. The van der Waals surface area contributed by atoms with Gasteiger partial charge >= 0.3 is 0 Å². The summed E-state index contributed by atoms with van der Waals surface area (Å²) in [6.07, 6.45) is 11.7. The molecular weight excluding hydrogens is 204 g/mol. The highest BCUT2D eigenvalue weighted by molar-refractivity contribution is 4.51. The van der Waals surface area contributed by atoms with E-state index in [1.54, 1.807) is 0 Å². The molecule has 0 saturated heterocycles. The zero-order valence-corrected chi connectivity index (χ0v) is 10.9. The molecule has 16 heavy (non-hydrogen) atoms. The molecule has 0 amide bonds. The van der Waals surface area contributed by atoms with Crippen LogP contribution in [0.4, 0.5) is 0 Å². The maximum atomic E-state index is 5.21. The molecular formula is C12H32N2O2. The predicted octanol–water partition coefficient (Wildman–Crippen LogP) is 1.03. The fourth-order valence-electron chi connectivity index (χ4n) is 1.64. The van der Waals surface area contributed by atoms with Gasteiger partial charge in [-0.15, -0.1) is 0 Å². The Hall–Kier alpha value is -0.160. The molecule has 1 aliphatic carbocycles. The topological polar surface area (TPSA) is 101 Å². The van der Waals surface area contributed by atoms with E-state index in [4.69, 9.17) is 5.73 Å². The van der Waals surface area contributed by atoms with Crippen molar-refractivity contribution in [2.45, 2.75) is 58.3 Å². The van der Waals surface area contributed by atoms with Gasteiger partial charge in [-0.25, -0.2) is 0 Å². The lowest BCUT2D eigenvalue weighted by atomic mass is 10.2. The number of hydrogen-bond acceptors (Lipinski definition) is 2. The Morgan fingerprint density at radius 2 is 1.19 bits per heavy atom. The summed E-state index contributed by atoms with van der Waals surface area (Å²) < 4.78 is 0. The second kappa shape index (κ2) is 20.3. The zero-order valence-electron chi connectivity index (χ0n) is 10.9. The Labute approximate surface area is 101 Å². The number of rotatable bonds is 4. The van der Waals surface area contributed by atoms with Gasteiger partial charge in [0.1, 0.15) is 0 Å². The predicted molar refractivity (Wildman–Crippen MR) is 71.8 cm³/mol. The van der Waals surface area contributed by atoms with Crippen LogP contribution in [-0.4, -0.2) is 30.6 Å². The van der Waals surface area contributed by atoms with Crippen LogP contribution < -0.4 is 11.1 Å². The lowest BCUT2D eigenvalue weighted by molar-refractivity contribution is 0.678. The molecule has 0 heterocycles. The summed E-state index contributed by atoms with van der Waals surface area (Å²) in [5, 5.41) is 3.16. The normalized spacial score (nSPS) is 14.6. The third-order valence-corrected chi connectivity index (χ3v) is 2.50. The number of nitrogens with two attached hydrogens (primary N) is 1. The molecule has 0 aromatic heterocycles. The molecule has 0 spiro atoms. The summed E-state index contributed by atoms with van der Waals surface area (Å²) in [5.74, 6) is 0. The van der Waals surface area contributed by atoms with Crippen molar-refractivity contribution in [3.8, 4) is 0 Å². The molecule has 0 aliphatic heterocycles. The molecule has 1 rings (SSSR count). The molecule has 1 aliphatic rings. The smallest absolute Gasteiger partial charge is 0.00744 e. The molecule has 0 aromatic carbocycles. The molecule has 0 aromatic rings. The van der Waals surface area contributed by atoms with Gasteiger partial charge in [-0.05, 0) is 13.0 Å². The average molecular weight is 236 g/mol. The second-order valence-electron chi connectivity index (χ2n) is 4.01. The maximum absolute atomic E-state index is 5.21.